The number of rotatable bonds is 10. The molecule has 5 rings (SSSR count). The number of guanidine groups is 1. The van der Waals surface area contributed by atoms with E-state index >= 15 is 4.39 Å². The van der Waals surface area contributed by atoms with Gasteiger partial charge in [-0.1, -0.05) is 30.2 Å². The van der Waals surface area contributed by atoms with E-state index in [-0.39, 0.29) is 23.1 Å². The number of anilines is 1. The predicted molar refractivity (Wildman–Crippen MR) is 167 cm³/mol. The lowest BCUT2D eigenvalue weighted by Gasteiger charge is -2.32. The minimum Gasteiger partial charge on any atom is -0.370 e. The Labute approximate surface area is 250 Å². The zero-order valence-corrected chi connectivity index (χ0v) is 24.6. The van der Waals surface area contributed by atoms with Crippen molar-refractivity contribution in [2.75, 3.05) is 11.4 Å². The lowest BCUT2D eigenvalue weighted by atomic mass is 9.92. The van der Waals surface area contributed by atoms with Gasteiger partial charge in [-0.05, 0) is 86.9 Å². The molecule has 2 aliphatic rings. The van der Waals surface area contributed by atoms with Crippen LogP contribution in [0.25, 0.3) is 17.5 Å². The number of nitrogens with zero attached hydrogens (tertiary/aromatic N) is 3. The number of aromatic amines is 1. The summed E-state index contributed by atoms with van der Waals surface area (Å²) < 4.78 is 15.1. The van der Waals surface area contributed by atoms with Gasteiger partial charge in [0.2, 0.25) is 6.35 Å². The van der Waals surface area contributed by atoms with Gasteiger partial charge >= 0.3 is 0 Å². The van der Waals surface area contributed by atoms with Crippen molar-refractivity contribution in [2.24, 2.45) is 27.2 Å². The second-order valence-corrected chi connectivity index (χ2v) is 11.7. The summed E-state index contributed by atoms with van der Waals surface area (Å²) in [5.74, 6) is -0.368. The number of nitrogens with two attached hydrogens (primary N) is 3. The number of fused-ring (bicyclic) bond motifs is 1. The van der Waals surface area contributed by atoms with Crippen molar-refractivity contribution >= 4 is 29.4 Å². The third kappa shape index (κ3) is 7.12. The molecule has 1 aromatic heterocycles. The van der Waals surface area contributed by atoms with Gasteiger partial charge in [-0.15, -0.1) is 0 Å². The number of halogens is 2. The topological polar surface area (TPSA) is 154 Å². The van der Waals surface area contributed by atoms with E-state index in [1.54, 1.807) is 11.0 Å². The second-order valence-electron chi connectivity index (χ2n) is 11.3. The van der Waals surface area contributed by atoms with Crippen LogP contribution in [0, 0.1) is 5.82 Å². The summed E-state index contributed by atoms with van der Waals surface area (Å²) in [6.07, 6.45) is 7.38. The van der Waals surface area contributed by atoms with Crippen LogP contribution in [-0.4, -0.2) is 41.0 Å². The predicted octanol–water partition coefficient (Wildman–Crippen LogP) is 3.14. The lowest BCUT2D eigenvalue weighted by molar-refractivity contribution is 0.186. The average Bonchev–Trinajstić information content (AvgIpc) is 3.37. The van der Waals surface area contributed by atoms with Gasteiger partial charge in [0.05, 0.1) is 10.7 Å². The maximum Gasteiger partial charge on any atom is 0.231 e. The molecule has 42 heavy (non-hydrogen) atoms. The van der Waals surface area contributed by atoms with E-state index in [0.717, 1.165) is 61.4 Å². The van der Waals surface area contributed by atoms with E-state index in [2.05, 4.69) is 32.4 Å². The van der Waals surface area contributed by atoms with Crippen LogP contribution in [0.3, 0.4) is 0 Å². The molecule has 9 nitrogen and oxygen atoms in total. The van der Waals surface area contributed by atoms with Crippen molar-refractivity contribution in [1.82, 2.24) is 10.3 Å². The molecule has 0 spiro atoms. The first-order valence-electron chi connectivity index (χ1n) is 14.6. The molecule has 3 aromatic rings. The molecule has 0 amide bonds. The quantitative estimate of drug-likeness (QED) is 0.157. The molecule has 9 N–H and O–H groups in total. The fraction of sp³-hybridized carbons (Fsp3) is 0.419. The molecule has 11 heteroatoms. The Morgan fingerprint density at radius 2 is 2.00 bits per heavy atom. The maximum absolute atomic E-state index is 15.1. The highest BCUT2D eigenvalue weighted by Gasteiger charge is 2.23. The van der Waals surface area contributed by atoms with Gasteiger partial charge in [0.1, 0.15) is 5.49 Å². The molecule has 0 bridgehead atoms. The van der Waals surface area contributed by atoms with Crippen LogP contribution in [0.1, 0.15) is 62.6 Å². The zero-order valence-electron chi connectivity index (χ0n) is 23.9. The van der Waals surface area contributed by atoms with Crippen molar-refractivity contribution < 1.29 is 9.50 Å². The largest absolute Gasteiger partial charge is 0.370 e. The van der Waals surface area contributed by atoms with Crippen LogP contribution in [0.5, 0.6) is 0 Å². The second kappa shape index (κ2) is 13.2. The van der Waals surface area contributed by atoms with Gasteiger partial charge in [0.15, 0.2) is 11.8 Å². The number of aromatic nitrogens is 1. The number of aliphatic hydroxyl groups is 1. The maximum atomic E-state index is 15.1. The molecule has 3 heterocycles. The van der Waals surface area contributed by atoms with Crippen molar-refractivity contribution in [3.63, 3.8) is 0 Å². The summed E-state index contributed by atoms with van der Waals surface area (Å²) in [5.41, 5.74) is 21.1. The van der Waals surface area contributed by atoms with E-state index in [0.29, 0.717) is 29.3 Å². The third-order valence-corrected chi connectivity index (χ3v) is 8.22. The van der Waals surface area contributed by atoms with Crippen LogP contribution in [0.4, 0.5) is 10.1 Å². The molecule has 4 atom stereocenters. The number of aliphatic hydroxyl groups excluding tert-OH is 1. The summed E-state index contributed by atoms with van der Waals surface area (Å²) in [6, 6.07) is 14.2. The minimum atomic E-state index is -1.12. The molecule has 224 valence electrons. The standard InChI is InChI=1S/C31H40ClFN8O/c1-18(34)4-2-5-19-14-24(28(33)25(32)15-19)27-16-21-17-41(31(42)40-29(21)39-27)23-10-8-20(9-11-23)26-7-3-6-22(38-26)12-13-37-30(35)36/h8-11,14-18,22,26,31,38,42H,2-7,12-13,34H2,1H3,(H,39,40)(H4,35,36,37)/t18-,22-,26-,31?/m0/s1. The fourth-order valence-electron chi connectivity index (χ4n) is 5.76. The molecule has 0 radical (unpaired) electrons. The summed E-state index contributed by atoms with van der Waals surface area (Å²) in [6.45, 7) is 2.58. The summed E-state index contributed by atoms with van der Waals surface area (Å²) in [5, 5.41) is 15.4. The molecule has 1 unspecified atom stereocenters. The van der Waals surface area contributed by atoms with Crippen molar-refractivity contribution in [3.8, 4) is 11.3 Å². The number of hydrogen-bond donors (Lipinski definition) is 6. The van der Waals surface area contributed by atoms with E-state index in [1.807, 2.05) is 37.4 Å². The smallest absolute Gasteiger partial charge is 0.231 e. The van der Waals surface area contributed by atoms with Gasteiger partial charge < -0.3 is 37.5 Å². The van der Waals surface area contributed by atoms with Crippen molar-refractivity contribution in [3.05, 3.63) is 75.1 Å². The monoisotopic (exact) mass is 594 g/mol. The first-order chi connectivity index (χ1) is 20.2. The Balaban J connectivity index is 1.33. The molecule has 2 aliphatic heterocycles. The Morgan fingerprint density at radius 3 is 2.74 bits per heavy atom. The summed E-state index contributed by atoms with van der Waals surface area (Å²) in [4.78, 5) is 13.4. The summed E-state index contributed by atoms with van der Waals surface area (Å²) in [7, 11) is 0. The summed E-state index contributed by atoms with van der Waals surface area (Å²) >= 11 is 6.26. The lowest BCUT2D eigenvalue weighted by Crippen LogP contribution is -2.41. The number of aliphatic imine (C=N–C) groups is 1. The van der Waals surface area contributed by atoms with E-state index in [1.165, 1.54) is 5.56 Å². The highest BCUT2D eigenvalue weighted by atomic mass is 35.5. The molecule has 1 saturated heterocycles. The highest BCUT2D eigenvalue weighted by molar-refractivity contribution is 6.31. The van der Waals surface area contributed by atoms with Gasteiger partial charge in [0, 0.05) is 47.3 Å². The normalized spacial score (nSPS) is 20.8. The average molecular weight is 595 g/mol. The molecule has 2 aromatic carbocycles. The Morgan fingerprint density at radius 1 is 1.21 bits per heavy atom. The van der Waals surface area contributed by atoms with Gasteiger partial charge in [-0.2, -0.15) is 0 Å². The van der Waals surface area contributed by atoms with Crippen molar-refractivity contribution in [2.45, 2.75) is 76.3 Å². The molecular weight excluding hydrogens is 555 g/mol. The Bertz CT molecular complexity index is 1530. The number of nitrogens with one attached hydrogen (secondary N) is 2. The van der Waals surface area contributed by atoms with E-state index in [4.69, 9.17) is 28.8 Å². The SMILES string of the molecule is C[C@H](N)CCCc1cc(Cl)c(F)c(-c2cc3c([nH]2)=NC(O)N(c2ccc([C@@H]4CCC[C@@H](CCN=C(N)N)N4)cc2)C=3)c1. The van der Waals surface area contributed by atoms with E-state index < -0.39 is 12.2 Å². The molecule has 0 aliphatic carbocycles. The highest BCUT2D eigenvalue weighted by Crippen LogP contribution is 2.30. The first kappa shape index (κ1) is 30.0. The molecule has 0 saturated carbocycles. The number of H-pyrrole nitrogens is 1. The third-order valence-electron chi connectivity index (χ3n) is 7.95. The number of piperidine rings is 1. The van der Waals surface area contributed by atoms with Crippen molar-refractivity contribution in [1.29, 1.82) is 0 Å². The van der Waals surface area contributed by atoms with Gasteiger partial charge in [-0.25, -0.2) is 9.38 Å². The van der Waals surface area contributed by atoms with Crippen LogP contribution in [0.15, 0.2) is 52.4 Å². The fourth-order valence-corrected chi connectivity index (χ4v) is 6.01. The Hall–Kier alpha value is -3.44. The van der Waals surface area contributed by atoms with Crippen LogP contribution < -0.4 is 38.1 Å². The number of hydrogen-bond acceptors (Lipinski definition) is 6. The first-order valence-corrected chi connectivity index (χ1v) is 15.0. The van der Waals surface area contributed by atoms with Crippen LogP contribution >= 0.6 is 11.6 Å². The zero-order chi connectivity index (χ0) is 29.8. The van der Waals surface area contributed by atoms with Crippen LogP contribution in [-0.2, 0) is 6.42 Å². The number of aryl methyl sites for hydroxylation is 1. The Kier molecular flexibility index (Phi) is 9.47. The van der Waals surface area contributed by atoms with Gasteiger partial charge in [-0.3, -0.25) is 4.99 Å². The number of benzene rings is 2. The molecular formula is C31H40ClFN8O. The van der Waals surface area contributed by atoms with Crippen LogP contribution in [0.2, 0.25) is 5.02 Å². The molecule has 1 fully saturated rings. The minimum absolute atomic E-state index is 0.0751. The van der Waals surface area contributed by atoms with E-state index in [9.17, 15) is 5.11 Å². The van der Waals surface area contributed by atoms with Gasteiger partial charge in [0.25, 0.3) is 0 Å².